The molecular formula is C31H32F2N6O4S. The molecule has 3 aromatic heterocycles. The van der Waals surface area contributed by atoms with Gasteiger partial charge in [-0.1, -0.05) is 26.5 Å². The third kappa shape index (κ3) is 5.21. The fraction of sp³-hybridized carbons (Fsp3) is 0.290. The Hall–Kier alpha value is -4.65. The van der Waals surface area contributed by atoms with Gasteiger partial charge in [-0.25, -0.2) is 22.2 Å². The van der Waals surface area contributed by atoms with Gasteiger partial charge in [0.2, 0.25) is 5.91 Å². The third-order valence-corrected chi connectivity index (χ3v) is 8.81. The first kappa shape index (κ1) is 30.8. The van der Waals surface area contributed by atoms with Gasteiger partial charge in [0.25, 0.3) is 5.56 Å². The van der Waals surface area contributed by atoms with Crippen LogP contribution in [0.1, 0.15) is 31.0 Å². The van der Waals surface area contributed by atoms with Gasteiger partial charge < -0.3 is 15.5 Å². The van der Waals surface area contributed by atoms with E-state index in [9.17, 15) is 18.0 Å². The van der Waals surface area contributed by atoms with E-state index < -0.39 is 37.6 Å². The van der Waals surface area contributed by atoms with Gasteiger partial charge in [-0.15, -0.1) is 0 Å². The second-order valence-electron chi connectivity index (χ2n) is 11.0. The fourth-order valence-electron chi connectivity index (χ4n) is 5.63. The number of fused-ring (bicyclic) bond motifs is 1. The predicted molar refractivity (Wildman–Crippen MR) is 166 cm³/mol. The molecule has 0 bridgehead atoms. The van der Waals surface area contributed by atoms with Crippen LogP contribution in [0.3, 0.4) is 0 Å². The number of anilines is 2. The average Bonchev–Trinajstić information content (AvgIpc) is 2.96. The van der Waals surface area contributed by atoms with Crippen molar-refractivity contribution in [3.63, 3.8) is 0 Å². The molecule has 1 fully saturated rings. The molecule has 1 saturated heterocycles. The highest BCUT2D eigenvalue weighted by molar-refractivity contribution is 7.90. The van der Waals surface area contributed by atoms with Crippen molar-refractivity contribution >= 4 is 38.2 Å². The molecule has 10 nitrogen and oxygen atoms in total. The highest BCUT2D eigenvalue weighted by Crippen LogP contribution is 2.38. The summed E-state index contributed by atoms with van der Waals surface area (Å²) in [5, 5.41) is 0.0163. The summed E-state index contributed by atoms with van der Waals surface area (Å²) in [5.74, 6) is -2.28. The number of sulfone groups is 1. The number of amides is 1. The highest BCUT2D eigenvalue weighted by atomic mass is 32.2. The number of pyridine rings is 3. The van der Waals surface area contributed by atoms with E-state index in [0.29, 0.717) is 16.9 Å². The molecule has 4 aromatic rings. The van der Waals surface area contributed by atoms with E-state index in [0.717, 1.165) is 23.0 Å². The van der Waals surface area contributed by atoms with Crippen molar-refractivity contribution in [1.29, 1.82) is 0 Å². The summed E-state index contributed by atoms with van der Waals surface area (Å²) in [6.45, 7) is 9.69. The molecule has 0 unspecified atom stereocenters. The van der Waals surface area contributed by atoms with Crippen molar-refractivity contribution in [3.8, 4) is 16.9 Å². The van der Waals surface area contributed by atoms with Crippen LogP contribution in [0.4, 0.5) is 20.2 Å². The largest absolute Gasteiger partial charge is 0.398 e. The van der Waals surface area contributed by atoms with Gasteiger partial charge in [0, 0.05) is 49.7 Å². The lowest BCUT2D eigenvalue weighted by molar-refractivity contribution is -0.126. The van der Waals surface area contributed by atoms with Gasteiger partial charge in [-0.2, -0.15) is 0 Å². The highest BCUT2D eigenvalue weighted by Gasteiger charge is 2.33. The first-order valence-corrected chi connectivity index (χ1v) is 15.8. The third-order valence-electron chi connectivity index (χ3n) is 7.70. The number of aromatic nitrogens is 3. The van der Waals surface area contributed by atoms with Crippen LogP contribution in [-0.2, 0) is 14.6 Å². The molecule has 2 N–H and O–H groups in total. The van der Waals surface area contributed by atoms with E-state index in [1.165, 1.54) is 18.2 Å². The fourth-order valence-corrected chi connectivity index (χ4v) is 6.63. The van der Waals surface area contributed by atoms with Crippen molar-refractivity contribution in [2.45, 2.75) is 31.6 Å². The molecule has 0 aliphatic carbocycles. The number of nitrogens with two attached hydrogens (primary N) is 1. The zero-order valence-electron chi connectivity index (χ0n) is 24.8. The van der Waals surface area contributed by atoms with Crippen molar-refractivity contribution in [2.75, 3.05) is 43.1 Å². The summed E-state index contributed by atoms with van der Waals surface area (Å²) < 4.78 is 59.1. The number of benzene rings is 1. The Kier molecular flexibility index (Phi) is 8.02. The first-order valence-electron chi connectivity index (χ1n) is 13.9. The van der Waals surface area contributed by atoms with Crippen LogP contribution in [0, 0.1) is 18.6 Å². The minimum Gasteiger partial charge on any atom is -0.398 e. The Labute approximate surface area is 253 Å². The summed E-state index contributed by atoms with van der Waals surface area (Å²) in [7, 11) is -4.23. The Bertz CT molecular complexity index is 1980. The number of nitrogen functional groups attached to an aromatic ring is 1. The maximum Gasteiger partial charge on any atom is 0.277 e. The summed E-state index contributed by atoms with van der Waals surface area (Å²) in [6.07, 6.45) is 3.68. The number of halogens is 2. The zero-order chi connectivity index (χ0) is 32.1. The lowest BCUT2D eigenvalue weighted by atomic mass is 10.0. The number of hydrogen-bond donors (Lipinski definition) is 1. The predicted octanol–water partition coefficient (Wildman–Crippen LogP) is 3.98. The van der Waals surface area contributed by atoms with Gasteiger partial charge in [0.1, 0.15) is 11.5 Å². The molecule has 44 heavy (non-hydrogen) atoms. The minimum atomic E-state index is -4.23. The molecule has 0 radical (unpaired) electrons. The normalized spacial score (nSPS) is 14.0. The van der Waals surface area contributed by atoms with Crippen molar-refractivity contribution in [2.24, 2.45) is 0 Å². The molecular weight excluding hydrogens is 590 g/mol. The molecule has 0 atom stereocenters. The Morgan fingerprint density at radius 1 is 1.09 bits per heavy atom. The topological polar surface area (TPSA) is 131 Å². The smallest absolute Gasteiger partial charge is 0.277 e. The molecule has 1 amide bonds. The zero-order valence-corrected chi connectivity index (χ0v) is 25.6. The Morgan fingerprint density at radius 2 is 1.77 bits per heavy atom. The van der Waals surface area contributed by atoms with Crippen molar-refractivity contribution in [1.82, 2.24) is 19.4 Å². The minimum absolute atomic E-state index is 0.0163. The van der Waals surface area contributed by atoms with Crippen LogP contribution in [0.5, 0.6) is 0 Å². The second kappa shape index (κ2) is 11.5. The number of rotatable bonds is 6. The molecule has 13 heteroatoms. The number of carbonyl (C=O) groups is 1. The monoisotopic (exact) mass is 622 g/mol. The molecule has 230 valence electrons. The van der Waals surface area contributed by atoms with Crippen molar-refractivity contribution < 1.29 is 22.0 Å². The van der Waals surface area contributed by atoms with Gasteiger partial charge in [0.15, 0.2) is 26.2 Å². The maximum absolute atomic E-state index is 16.1. The van der Waals surface area contributed by atoms with Gasteiger partial charge in [0.05, 0.1) is 22.6 Å². The number of nitrogens with zero attached hydrogens (tertiary/aromatic N) is 5. The molecule has 1 aliphatic heterocycles. The van der Waals surface area contributed by atoms with Crippen molar-refractivity contribution in [3.05, 3.63) is 82.4 Å². The molecule has 0 saturated carbocycles. The number of piperazine rings is 1. The van der Waals surface area contributed by atoms with E-state index in [1.54, 1.807) is 29.0 Å². The molecule has 1 aromatic carbocycles. The van der Waals surface area contributed by atoms with Gasteiger partial charge in [-0.3, -0.25) is 19.1 Å². The van der Waals surface area contributed by atoms with E-state index in [1.807, 2.05) is 13.8 Å². The molecule has 4 heterocycles. The molecule has 1 aliphatic rings. The summed E-state index contributed by atoms with van der Waals surface area (Å²) >= 11 is 0. The SMILES string of the molecule is C=CC(=O)N1CCN(c2c(S(C)(=O)=O)c(=O)n(-c3c(C)ccnc3C(C)C)c3nc(-c4c(N)cccc4F)c(F)cc23)CC1. The number of hydrogen-bond acceptors (Lipinski definition) is 8. The lowest BCUT2D eigenvalue weighted by Gasteiger charge is -2.37. The maximum atomic E-state index is 16.1. The summed E-state index contributed by atoms with van der Waals surface area (Å²) in [5.41, 5.74) is 5.58. The Morgan fingerprint density at radius 3 is 2.36 bits per heavy atom. The van der Waals surface area contributed by atoms with Crippen LogP contribution in [0.15, 0.2) is 58.9 Å². The van der Waals surface area contributed by atoms with Gasteiger partial charge in [-0.05, 0) is 48.7 Å². The molecule has 0 spiro atoms. The van der Waals surface area contributed by atoms with E-state index in [4.69, 9.17) is 5.73 Å². The standard InChI is InChI=1S/C31H32F2N6O4S/c1-6-23(40)37-12-14-38(15-13-37)28-19-16-21(33)26(24-20(32)8-7-9-22(24)34)36-30(19)39(31(41)29(28)44(5,42)43)27-18(4)10-11-35-25(27)17(2)3/h6-11,16-17H,1,12-15,34H2,2-5H3. The van der Waals surface area contributed by atoms with E-state index >= 15 is 8.78 Å². The summed E-state index contributed by atoms with van der Waals surface area (Å²) in [4.78, 5) is 38.4. The number of carbonyl (C=O) groups excluding carboxylic acids is 1. The van der Waals surface area contributed by atoms with E-state index in [-0.39, 0.29) is 66.0 Å². The van der Waals surface area contributed by atoms with Crippen LogP contribution in [0.25, 0.3) is 28.0 Å². The van der Waals surface area contributed by atoms with Crippen LogP contribution in [0.2, 0.25) is 0 Å². The quantitative estimate of drug-likeness (QED) is 0.253. The van der Waals surface area contributed by atoms with E-state index in [2.05, 4.69) is 16.5 Å². The first-order chi connectivity index (χ1) is 20.8. The Balaban J connectivity index is 1.96. The van der Waals surface area contributed by atoms with Gasteiger partial charge >= 0.3 is 0 Å². The number of aryl methyl sites for hydroxylation is 1. The van der Waals surface area contributed by atoms with Crippen LogP contribution in [-0.4, -0.2) is 66.2 Å². The summed E-state index contributed by atoms with van der Waals surface area (Å²) in [6, 6.07) is 6.63. The second-order valence-corrected chi connectivity index (χ2v) is 13.0. The molecule has 5 rings (SSSR count). The average molecular weight is 623 g/mol. The van der Waals surface area contributed by atoms with Crippen LogP contribution < -0.4 is 16.2 Å². The lowest BCUT2D eigenvalue weighted by Crippen LogP contribution is -2.49. The van der Waals surface area contributed by atoms with Crippen LogP contribution >= 0.6 is 0 Å².